The average Bonchev–Trinajstić information content (AvgIpc) is 3.12. The fourth-order valence-electron chi connectivity index (χ4n) is 2.24. The number of aromatic nitrogens is 1. The van der Waals surface area contributed by atoms with Crippen LogP contribution in [-0.4, -0.2) is 22.6 Å². The SMILES string of the molecule is O=C(CSc1nc(CC(=O)Nc2ccc(F)c(Cl)c2)cs1)Nc1ccc(F)cc1. The summed E-state index contributed by atoms with van der Waals surface area (Å²) in [5.74, 6) is -1.37. The van der Waals surface area contributed by atoms with Crippen molar-refractivity contribution < 1.29 is 18.4 Å². The number of anilines is 2. The van der Waals surface area contributed by atoms with E-state index in [9.17, 15) is 18.4 Å². The van der Waals surface area contributed by atoms with E-state index in [1.807, 2.05) is 0 Å². The van der Waals surface area contributed by atoms with E-state index < -0.39 is 5.82 Å². The van der Waals surface area contributed by atoms with Crippen molar-refractivity contribution in [2.24, 2.45) is 0 Å². The smallest absolute Gasteiger partial charge is 0.234 e. The number of halogens is 3. The fourth-order valence-corrected chi connectivity index (χ4v) is 4.06. The summed E-state index contributed by atoms with van der Waals surface area (Å²) in [5, 5.41) is 6.95. The molecule has 0 radical (unpaired) electrons. The molecule has 0 aliphatic heterocycles. The largest absolute Gasteiger partial charge is 0.326 e. The standard InChI is InChI=1S/C19H14ClF2N3O2S2/c20-15-7-13(5-6-16(15)22)24-17(26)8-14-9-28-19(25-14)29-10-18(27)23-12-3-1-11(21)2-4-12/h1-7,9H,8,10H2,(H,23,27)(H,24,26). The lowest BCUT2D eigenvalue weighted by molar-refractivity contribution is -0.116. The van der Waals surface area contributed by atoms with Crippen molar-refractivity contribution in [3.05, 3.63) is 70.2 Å². The molecule has 2 aromatic carbocycles. The molecule has 0 spiro atoms. The minimum Gasteiger partial charge on any atom is -0.326 e. The van der Waals surface area contributed by atoms with Gasteiger partial charge in [0, 0.05) is 16.8 Å². The van der Waals surface area contributed by atoms with E-state index in [1.165, 1.54) is 65.6 Å². The molecule has 2 amide bonds. The zero-order valence-corrected chi connectivity index (χ0v) is 17.1. The third kappa shape index (κ3) is 6.52. The number of nitrogens with zero attached hydrogens (tertiary/aromatic N) is 1. The van der Waals surface area contributed by atoms with Crippen LogP contribution in [0.5, 0.6) is 0 Å². The van der Waals surface area contributed by atoms with Gasteiger partial charge in [0.2, 0.25) is 11.8 Å². The second kappa shape index (κ2) is 9.82. The Morgan fingerprint density at radius 2 is 1.72 bits per heavy atom. The molecule has 0 bridgehead atoms. The Bertz CT molecular complexity index is 1030. The number of hydrogen-bond donors (Lipinski definition) is 2. The summed E-state index contributed by atoms with van der Waals surface area (Å²) < 4.78 is 26.7. The van der Waals surface area contributed by atoms with Crippen molar-refractivity contribution in [1.29, 1.82) is 0 Å². The molecule has 3 aromatic rings. The van der Waals surface area contributed by atoms with E-state index in [-0.39, 0.29) is 34.8 Å². The summed E-state index contributed by atoms with van der Waals surface area (Å²) in [7, 11) is 0. The van der Waals surface area contributed by atoms with E-state index in [0.29, 0.717) is 21.4 Å². The number of nitrogens with one attached hydrogen (secondary N) is 2. The molecular formula is C19H14ClF2N3O2S2. The van der Waals surface area contributed by atoms with E-state index in [2.05, 4.69) is 15.6 Å². The molecule has 29 heavy (non-hydrogen) atoms. The molecule has 0 unspecified atom stereocenters. The van der Waals surface area contributed by atoms with Crippen LogP contribution in [0.25, 0.3) is 0 Å². The van der Waals surface area contributed by atoms with Crippen molar-refractivity contribution in [3.8, 4) is 0 Å². The fraction of sp³-hybridized carbons (Fsp3) is 0.105. The van der Waals surface area contributed by atoms with Crippen LogP contribution in [0.3, 0.4) is 0 Å². The highest BCUT2D eigenvalue weighted by Gasteiger charge is 2.11. The number of hydrogen-bond acceptors (Lipinski definition) is 5. The predicted molar refractivity (Wildman–Crippen MR) is 112 cm³/mol. The van der Waals surface area contributed by atoms with E-state index in [4.69, 9.17) is 11.6 Å². The van der Waals surface area contributed by atoms with Gasteiger partial charge in [-0.25, -0.2) is 13.8 Å². The van der Waals surface area contributed by atoms with Crippen molar-refractivity contribution in [2.45, 2.75) is 10.8 Å². The molecule has 1 heterocycles. The van der Waals surface area contributed by atoms with Crippen LogP contribution in [-0.2, 0) is 16.0 Å². The molecule has 0 atom stereocenters. The Morgan fingerprint density at radius 3 is 2.45 bits per heavy atom. The summed E-state index contributed by atoms with van der Waals surface area (Å²) in [6.45, 7) is 0. The first-order valence-electron chi connectivity index (χ1n) is 8.26. The summed E-state index contributed by atoms with van der Waals surface area (Å²) in [6.07, 6.45) is 0.0355. The number of benzene rings is 2. The van der Waals surface area contributed by atoms with Crippen LogP contribution in [0.4, 0.5) is 20.2 Å². The number of rotatable bonds is 7. The first-order valence-corrected chi connectivity index (χ1v) is 10.5. The number of amides is 2. The highest BCUT2D eigenvalue weighted by atomic mass is 35.5. The maximum Gasteiger partial charge on any atom is 0.234 e. The third-order valence-corrected chi connectivity index (χ3v) is 5.89. The summed E-state index contributed by atoms with van der Waals surface area (Å²) in [4.78, 5) is 28.4. The highest BCUT2D eigenvalue weighted by Crippen LogP contribution is 2.24. The Hall–Kier alpha value is -2.49. The highest BCUT2D eigenvalue weighted by molar-refractivity contribution is 8.01. The lowest BCUT2D eigenvalue weighted by Gasteiger charge is -2.05. The number of thiazole rings is 1. The molecule has 0 saturated carbocycles. The van der Waals surface area contributed by atoms with E-state index >= 15 is 0 Å². The quantitative estimate of drug-likeness (QED) is 0.494. The van der Waals surface area contributed by atoms with Gasteiger partial charge in [0.25, 0.3) is 0 Å². The molecule has 0 aliphatic rings. The van der Waals surface area contributed by atoms with Gasteiger partial charge in [0.15, 0.2) is 4.34 Å². The molecule has 10 heteroatoms. The minimum absolute atomic E-state index is 0.0355. The van der Waals surface area contributed by atoms with Crippen LogP contribution in [0.2, 0.25) is 5.02 Å². The van der Waals surface area contributed by atoms with Crippen LogP contribution in [0.15, 0.2) is 52.2 Å². The molecule has 3 rings (SSSR count). The normalized spacial score (nSPS) is 10.6. The minimum atomic E-state index is -0.561. The van der Waals surface area contributed by atoms with Gasteiger partial charge in [-0.3, -0.25) is 9.59 Å². The second-order valence-electron chi connectivity index (χ2n) is 5.80. The van der Waals surface area contributed by atoms with Crippen molar-refractivity contribution in [2.75, 3.05) is 16.4 Å². The Kier molecular flexibility index (Phi) is 7.18. The van der Waals surface area contributed by atoms with Gasteiger partial charge in [-0.15, -0.1) is 11.3 Å². The van der Waals surface area contributed by atoms with Gasteiger partial charge < -0.3 is 10.6 Å². The molecule has 1 aromatic heterocycles. The number of carbonyl (C=O) groups is 2. The van der Waals surface area contributed by atoms with Gasteiger partial charge in [0.05, 0.1) is 22.9 Å². The first-order chi connectivity index (χ1) is 13.9. The Labute approximate surface area is 178 Å². The topological polar surface area (TPSA) is 71.1 Å². The monoisotopic (exact) mass is 453 g/mol. The maximum atomic E-state index is 13.2. The third-order valence-electron chi connectivity index (χ3n) is 3.53. The van der Waals surface area contributed by atoms with Gasteiger partial charge >= 0.3 is 0 Å². The first kappa shape index (κ1) is 21.2. The molecule has 150 valence electrons. The Morgan fingerprint density at radius 1 is 1.03 bits per heavy atom. The number of thioether (sulfide) groups is 1. The van der Waals surface area contributed by atoms with Gasteiger partial charge in [0.1, 0.15) is 11.6 Å². The Balaban J connectivity index is 1.47. The lowest BCUT2D eigenvalue weighted by Crippen LogP contribution is -2.15. The van der Waals surface area contributed by atoms with Crippen molar-refractivity contribution in [1.82, 2.24) is 4.98 Å². The predicted octanol–water partition coefficient (Wildman–Crippen LogP) is 4.99. The van der Waals surface area contributed by atoms with Crippen molar-refractivity contribution in [3.63, 3.8) is 0 Å². The molecular weight excluding hydrogens is 440 g/mol. The van der Waals surface area contributed by atoms with Crippen LogP contribution < -0.4 is 10.6 Å². The van der Waals surface area contributed by atoms with Crippen LogP contribution in [0.1, 0.15) is 5.69 Å². The van der Waals surface area contributed by atoms with Crippen molar-refractivity contribution >= 4 is 57.9 Å². The van der Waals surface area contributed by atoms with E-state index in [1.54, 1.807) is 5.38 Å². The number of carbonyl (C=O) groups excluding carboxylic acids is 2. The van der Waals surface area contributed by atoms with E-state index in [0.717, 1.165) is 0 Å². The maximum absolute atomic E-state index is 13.2. The van der Waals surface area contributed by atoms with Gasteiger partial charge in [-0.2, -0.15) is 0 Å². The van der Waals surface area contributed by atoms with Gasteiger partial charge in [-0.1, -0.05) is 23.4 Å². The molecule has 0 aliphatic carbocycles. The lowest BCUT2D eigenvalue weighted by atomic mass is 10.3. The summed E-state index contributed by atoms with van der Waals surface area (Å²) in [6, 6.07) is 9.41. The van der Waals surface area contributed by atoms with Crippen LogP contribution >= 0.6 is 34.7 Å². The zero-order chi connectivity index (χ0) is 20.8. The average molecular weight is 454 g/mol. The zero-order valence-electron chi connectivity index (χ0n) is 14.7. The van der Waals surface area contributed by atoms with Gasteiger partial charge in [-0.05, 0) is 42.5 Å². The summed E-state index contributed by atoms with van der Waals surface area (Å²) in [5.41, 5.74) is 1.46. The van der Waals surface area contributed by atoms with Crippen LogP contribution in [0, 0.1) is 11.6 Å². The molecule has 0 fully saturated rings. The second-order valence-corrected chi connectivity index (χ2v) is 8.29. The molecule has 2 N–H and O–H groups in total. The molecule has 5 nitrogen and oxygen atoms in total. The summed E-state index contributed by atoms with van der Waals surface area (Å²) >= 11 is 8.25. The molecule has 0 saturated heterocycles.